The first kappa shape index (κ1) is 18.8. The second-order valence-corrected chi connectivity index (χ2v) is 9.40. The van der Waals surface area contributed by atoms with Crippen LogP contribution in [-0.4, -0.2) is 9.30 Å². The van der Waals surface area contributed by atoms with Gasteiger partial charge in [-0.05, 0) is 68.3 Å². The molecule has 0 radical (unpaired) electrons. The van der Waals surface area contributed by atoms with Gasteiger partial charge in [0.1, 0.15) is 16.2 Å². The van der Waals surface area contributed by atoms with Crippen LogP contribution in [-0.2, 0) is 11.4 Å². The van der Waals surface area contributed by atoms with Gasteiger partial charge in [-0.2, -0.15) is 0 Å². The highest BCUT2D eigenvalue weighted by atomic mass is 32.2. The smallest absolute Gasteiger partial charge is 0.136 e. The zero-order chi connectivity index (χ0) is 18.7. The van der Waals surface area contributed by atoms with Gasteiger partial charge in [0.15, 0.2) is 0 Å². The van der Waals surface area contributed by atoms with Crippen LogP contribution in [0.1, 0.15) is 39.3 Å². The van der Waals surface area contributed by atoms with Crippen LogP contribution in [0, 0.1) is 0 Å². The quantitative estimate of drug-likeness (QED) is 0.584. The van der Waals surface area contributed by atoms with Crippen molar-refractivity contribution >= 4 is 22.1 Å². The van der Waals surface area contributed by atoms with Gasteiger partial charge < -0.3 is 9.29 Å². The molecule has 1 unspecified atom stereocenters. The Morgan fingerprint density at radius 3 is 2.15 bits per heavy atom. The number of fused-ring (bicyclic) bond motifs is 1. The van der Waals surface area contributed by atoms with E-state index in [2.05, 4.69) is 22.9 Å². The number of hydrogen-bond donors (Lipinski definition) is 1. The topological polar surface area (TPSA) is 44.3 Å². The number of rotatable bonds is 5. The average Bonchev–Trinajstić information content (AvgIpc) is 2.61. The summed E-state index contributed by atoms with van der Waals surface area (Å²) in [5.74, 6) is 1.60. The Morgan fingerprint density at radius 1 is 0.885 bits per heavy atom. The number of nitrogens with one attached hydrogen (secondary N) is 1. The standard InChI is InChI=1S/C22H25NO2S/c1-16(23-26(24)22(2,3)4)17-9-12-20(13-10-17)25-21-14-11-18-7-5-6-8-19(18)15-21/h5-16,23H,1-4H3/t16-,26?/m1/s1. The van der Waals surface area contributed by atoms with E-state index in [-0.39, 0.29) is 10.8 Å². The monoisotopic (exact) mass is 367 g/mol. The molecule has 3 rings (SSSR count). The third-order valence-electron chi connectivity index (χ3n) is 4.18. The van der Waals surface area contributed by atoms with Crippen molar-refractivity contribution in [2.75, 3.05) is 0 Å². The molecule has 0 fully saturated rings. The van der Waals surface area contributed by atoms with Gasteiger partial charge in [0, 0.05) is 11.4 Å². The Morgan fingerprint density at radius 2 is 1.50 bits per heavy atom. The summed E-state index contributed by atoms with van der Waals surface area (Å²) in [5, 5.41) is 2.35. The molecule has 3 nitrogen and oxygen atoms in total. The summed E-state index contributed by atoms with van der Waals surface area (Å²) in [6.07, 6.45) is 0. The Kier molecular flexibility index (Phi) is 5.56. The minimum atomic E-state index is -1.10. The molecular formula is C22H25NO2S. The first-order chi connectivity index (χ1) is 12.3. The molecule has 0 aliphatic carbocycles. The highest BCUT2D eigenvalue weighted by Crippen LogP contribution is 2.27. The maximum absolute atomic E-state index is 12.2. The van der Waals surface area contributed by atoms with Crippen molar-refractivity contribution in [3.8, 4) is 11.5 Å². The molecule has 0 spiro atoms. The third kappa shape index (κ3) is 4.58. The van der Waals surface area contributed by atoms with E-state index in [0.29, 0.717) is 0 Å². The molecule has 2 atom stereocenters. The number of ether oxygens (including phenoxy) is 1. The number of hydrogen-bond acceptors (Lipinski definition) is 3. The fraction of sp³-hybridized carbons (Fsp3) is 0.273. The summed E-state index contributed by atoms with van der Waals surface area (Å²) in [6, 6.07) is 22.2. The zero-order valence-electron chi connectivity index (χ0n) is 15.7. The lowest BCUT2D eigenvalue weighted by molar-refractivity contribution is 0.483. The van der Waals surface area contributed by atoms with Crippen LogP contribution >= 0.6 is 0 Å². The molecule has 1 N–H and O–H groups in total. The van der Waals surface area contributed by atoms with Crippen LogP contribution < -0.4 is 9.46 Å². The molecule has 3 aromatic rings. The maximum atomic E-state index is 12.2. The molecule has 0 heterocycles. The molecular weight excluding hydrogens is 342 g/mol. The number of benzene rings is 3. The van der Waals surface area contributed by atoms with Crippen molar-refractivity contribution in [3.63, 3.8) is 0 Å². The van der Waals surface area contributed by atoms with E-state index >= 15 is 0 Å². The fourth-order valence-corrected chi connectivity index (χ4v) is 3.41. The Labute approximate surface area is 158 Å². The summed E-state index contributed by atoms with van der Waals surface area (Å²) in [7, 11) is 0. The van der Waals surface area contributed by atoms with Crippen molar-refractivity contribution in [1.82, 2.24) is 4.72 Å². The minimum absolute atomic E-state index is 0.00442. The Balaban J connectivity index is 1.68. The summed E-state index contributed by atoms with van der Waals surface area (Å²) in [5.41, 5.74) is 1.08. The normalized spacial score (nSPS) is 14.2. The molecule has 0 aliphatic heterocycles. The summed E-state index contributed by atoms with van der Waals surface area (Å²) >= 11 is -1.10. The lowest BCUT2D eigenvalue weighted by Gasteiger charge is -2.26. The molecule has 26 heavy (non-hydrogen) atoms. The molecule has 4 heteroatoms. The van der Waals surface area contributed by atoms with Gasteiger partial charge in [-0.25, -0.2) is 0 Å². The SMILES string of the molecule is C[C@@H](N[S+]([O-])C(C)(C)C)c1ccc(Oc2ccc3ccccc3c2)cc1. The molecule has 0 saturated carbocycles. The lowest BCUT2D eigenvalue weighted by atomic mass is 10.1. The molecule has 0 aliphatic rings. The average molecular weight is 368 g/mol. The fourth-order valence-electron chi connectivity index (χ4n) is 2.60. The predicted molar refractivity (Wildman–Crippen MR) is 110 cm³/mol. The van der Waals surface area contributed by atoms with Gasteiger partial charge in [0.05, 0.1) is 6.04 Å². The highest BCUT2D eigenvalue weighted by Gasteiger charge is 2.28. The van der Waals surface area contributed by atoms with Crippen LogP contribution in [0.15, 0.2) is 66.7 Å². The van der Waals surface area contributed by atoms with Gasteiger partial charge in [0.25, 0.3) is 0 Å². The first-order valence-electron chi connectivity index (χ1n) is 8.77. The van der Waals surface area contributed by atoms with Crippen LogP contribution in [0.2, 0.25) is 0 Å². The van der Waals surface area contributed by atoms with Gasteiger partial charge in [-0.1, -0.05) is 42.5 Å². The molecule has 3 aromatic carbocycles. The van der Waals surface area contributed by atoms with E-state index in [1.807, 2.05) is 76.2 Å². The van der Waals surface area contributed by atoms with E-state index in [1.54, 1.807) is 0 Å². The van der Waals surface area contributed by atoms with E-state index in [4.69, 9.17) is 4.74 Å². The minimum Gasteiger partial charge on any atom is -0.598 e. The van der Waals surface area contributed by atoms with Crippen LogP contribution in [0.4, 0.5) is 0 Å². The van der Waals surface area contributed by atoms with Crippen molar-refractivity contribution < 1.29 is 9.29 Å². The Bertz CT molecular complexity index is 871. The molecule has 136 valence electrons. The van der Waals surface area contributed by atoms with Crippen molar-refractivity contribution in [3.05, 3.63) is 72.3 Å². The second kappa shape index (κ2) is 7.70. The van der Waals surface area contributed by atoms with Crippen molar-refractivity contribution in [2.45, 2.75) is 38.5 Å². The molecule has 0 amide bonds. The van der Waals surface area contributed by atoms with Gasteiger partial charge >= 0.3 is 0 Å². The van der Waals surface area contributed by atoms with E-state index < -0.39 is 11.4 Å². The summed E-state index contributed by atoms with van der Waals surface area (Å²) in [6.45, 7) is 7.90. The second-order valence-electron chi connectivity index (χ2n) is 7.40. The highest BCUT2D eigenvalue weighted by molar-refractivity contribution is 7.90. The van der Waals surface area contributed by atoms with Gasteiger partial charge in [0.2, 0.25) is 0 Å². The van der Waals surface area contributed by atoms with Crippen LogP contribution in [0.5, 0.6) is 11.5 Å². The molecule has 0 aromatic heterocycles. The Hall–Kier alpha value is -2.01. The largest absolute Gasteiger partial charge is 0.598 e. The van der Waals surface area contributed by atoms with Gasteiger partial charge in [-0.3, -0.25) is 0 Å². The van der Waals surface area contributed by atoms with Crippen molar-refractivity contribution in [1.29, 1.82) is 0 Å². The summed E-state index contributed by atoms with van der Waals surface area (Å²) < 4.78 is 21.1. The van der Waals surface area contributed by atoms with E-state index in [1.165, 1.54) is 5.39 Å². The molecule has 0 bridgehead atoms. The predicted octanol–water partition coefficient (Wildman–Crippen LogP) is 5.74. The maximum Gasteiger partial charge on any atom is 0.136 e. The zero-order valence-corrected chi connectivity index (χ0v) is 16.5. The van der Waals surface area contributed by atoms with E-state index in [9.17, 15) is 4.55 Å². The van der Waals surface area contributed by atoms with Crippen LogP contribution in [0.25, 0.3) is 10.8 Å². The lowest BCUT2D eigenvalue weighted by Crippen LogP contribution is -2.40. The molecule has 0 saturated heterocycles. The summed E-state index contributed by atoms with van der Waals surface area (Å²) in [4.78, 5) is 0. The third-order valence-corrected chi connectivity index (χ3v) is 5.86. The van der Waals surface area contributed by atoms with Crippen molar-refractivity contribution in [2.24, 2.45) is 0 Å². The van der Waals surface area contributed by atoms with Crippen LogP contribution in [0.3, 0.4) is 0 Å². The van der Waals surface area contributed by atoms with E-state index in [0.717, 1.165) is 22.4 Å². The first-order valence-corrected chi connectivity index (χ1v) is 9.92. The van der Waals surface area contributed by atoms with Gasteiger partial charge in [-0.15, -0.1) is 4.72 Å².